The number of rotatable bonds is 6. The molecule has 0 radical (unpaired) electrons. The maximum absolute atomic E-state index is 13.9. The molecular formula is C27H24FN3O4. The fourth-order valence-electron chi connectivity index (χ4n) is 4.02. The van der Waals surface area contributed by atoms with Crippen molar-refractivity contribution in [2.75, 3.05) is 12.4 Å². The van der Waals surface area contributed by atoms with Gasteiger partial charge in [0.25, 0.3) is 0 Å². The first kappa shape index (κ1) is 23.7. The van der Waals surface area contributed by atoms with E-state index in [2.05, 4.69) is 10.6 Å². The Hall–Kier alpha value is -4.46. The molecular weight excluding hydrogens is 449 g/mol. The van der Waals surface area contributed by atoms with E-state index in [1.807, 2.05) is 13.0 Å². The van der Waals surface area contributed by atoms with Crippen LogP contribution in [0, 0.1) is 18.2 Å². The molecule has 1 heterocycles. The van der Waals surface area contributed by atoms with Crippen LogP contribution in [0.4, 0.5) is 10.1 Å². The van der Waals surface area contributed by atoms with Crippen molar-refractivity contribution in [2.45, 2.75) is 19.9 Å². The Morgan fingerprint density at radius 2 is 1.97 bits per heavy atom. The summed E-state index contributed by atoms with van der Waals surface area (Å²) in [5.41, 5.74) is 3.21. The van der Waals surface area contributed by atoms with E-state index in [0.29, 0.717) is 39.2 Å². The van der Waals surface area contributed by atoms with Crippen molar-refractivity contribution >= 4 is 33.9 Å². The number of aromatic carboxylic acids is 1. The third kappa shape index (κ3) is 4.77. The molecule has 4 N–H and O–H groups in total. The van der Waals surface area contributed by atoms with Crippen LogP contribution in [-0.4, -0.2) is 23.8 Å². The Labute approximate surface area is 200 Å². The number of carboxylic acids is 1. The largest absolute Gasteiger partial charge is 0.478 e. The zero-order valence-electron chi connectivity index (χ0n) is 19.4. The average Bonchev–Trinajstić information content (AvgIpc) is 2.80. The van der Waals surface area contributed by atoms with E-state index in [-0.39, 0.29) is 16.7 Å². The lowest BCUT2D eigenvalue weighted by molar-refractivity contribution is 0.0698. The quantitative estimate of drug-likeness (QED) is 0.392. The molecule has 1 unspecified atom stereocenters. The average molecular weight is 474 g/mol. The van der Waals surface area contributed by atoms with Crippen LogP contribution in [0.15, 0.2) is 75.6 Å². The molecule has 1 aliphatic carbocycles. The SMILES string of the molecule is CN/C=C1/C=C(c2cc(=O)c3cc(C)cc(C(C)Nc4cc(F)ccc4C(=O)O)c3o2)C=CC1=N. The van der Waals surface area contributed by atoms with Crippen LogP contribution >= 0.6 is 0 Å². The highest BCUT2D eigenvalue weighted by Crippen LogP contribution is 2.31. The van der Waals surface area contributed by atoms with Gasteiger partial charge in [0.05, 0.1) is 28.4 Å². The Bertz CT molecular complexity index is 1510. The molecule has 3 aromatic rings. The summed E-state index contributed by atoms with van der Waals surface area (Å²) in [5, 5.41) is 23.9. The lowest BCUT2D eigenvalue weighted by Gasteiger charge is -2.20. The second-order valence-electron chi connectivity index (χ2n) is 8.30. The number of anilines is 1. The van der Waals surface area contributed by atoms with Crippen LogP contribution in [0.3, 0.4) is 0 Å². The molecule has 4 rings (SSSR count). The Morgan fingerprint density at radius 3 is 2.69 bits per heavy atom. The van der Waals surface area contributed by atoms with E-state index >= 15 is 0 Å². The lowest BCUT2D eigenvalue weighted by atomic mass is 9.97. The minimum atomic E-state index is -1.19. The van der Waals surface area contributed by atoms with Crippen LogP contribution in [0.2, 0.25) is 0 Å². The van der Waals surface area contributed by atoms with Crippen molar-refractivity contribution < 1.29 is 18.7 Å². The van der Waals surface area contributed by atoms with Gasteiger partial charge >= 0.3 is 5.97 Å². The first-order valence-electron chi connectivity index (χ1n) is 10.9. The number of carbonyl (C=O) groups is 1. The van der Waals surface area contributed by atoms with Gasteiger partial charge in [0.2, 0.25) is 0 Å². The van der Waals surface area contributed by atoms with Crippen molar-refractivity contribution in [3.05, 3.63) is 105 Å². The van der Waals surface area contributed by atoms with E-state index in [1.165, 1.54) is 12.1 Å². The first-order valence-corrected chi connectivity index (χ1v) is 10.9. The van der Waals surface area contributed by atoms with Gasteiger partial charge in [0, 0.05) is 36.0 Å². The zero-order chi connectivity index (χ0) is 25.3. The zero-order valence-corrected chi connectivity index (χ0v) is 19.4. The third-order valence-electron chi connectivity index (χ3n) is 5.69. The summed E-state index contributed by atoms with van der Waals surface area (Å²) < 4.78 is 20.1. The van der Waals surface area contributed by atoms with E-state index in [9.17, 15) is 19.1 Å². The summed E-state index contributed by atoms with van der Waals surface area (Å²) in [7, 11) is 1.74. The number of nitrogens with one attached hydrogen (secondary N) is 3. The number of hydrogen-bond donors (Lipinski definition) is 4. The van der Waals surface area contributed by atoms with Crippen LogP contribution in [0.25, 0.3) is 16.5 Å². The van der Waals surface area contributed by atoms with Gasteiger partial charge in [-0.2, -0.15) is 0 Å². The summed E-state index contributed by atoms with van der Waals surface area (Å²) in [6.45, 7) is 3.63. The highest BCUT2D eigenvalue weighted by atomic mass is 19.1. The lowest BCUT2D eigenvalue weighted by Crippen LogP contribution is -2.13. The molecule has 0 fully saturated rings. The number of allylic oxidation sites excluding steroid dienone is 5. The monoisotopic (exact) mass is 473 g/mol. The summed E-state index contributed by atoms with van der Waals surface area (Å²) in [4.78, 5) is 24.7. The van der Waals surface area contributed by atoms with Crippen LogP contribution in [0.1, 0.15) is 40.2 Å². The van der Waals surface area contributed by atoms with Crippen molar-refractivity contribution in [3.63, 3.8) is 0 Å². The summed E-state index contributed by atoms with van der Waals surface area (Å²) in [6, 6.07) is 7.91. The minimum absolute atomic E-state index is 0.0684. The molecule has 0 aliphatic heterocycles. The smallest absolute Gasteiger partial charge is 0.337 e. The molecule has 7 nitrogen and oxygen atoms in total. The third-order valence-corrected chi connectivity index (χ3v) is 5.69. The minimum Gasteiger partial charge on any atom is -0.478 e. The predicted octanol–water partition coefficient (Wildman–Crippen LogP) is 5.19. The standard InChI is InChI=1S/C27H24FN3O4/c1-14-8-20(15(2)31-23-11-18(28)5-6-19(23)27(33)34)26-21(9-14)24(32)12-25(35-26)16-4-7-22(29)17(10-16)13-30-3/h4-13,15,29-31H,1-3H3,(H,33,34)/b17-13-,29-22?. The number of hydrogen-bond acceptors (Lipinski definition) is 6. The Kier molecular flexibility index (Phi) is 6.38. The molecule has 1 atom stereocenters. The molecule has 8 heteroatoms. The van der Waals surface area contributed by atoms with Gasteiger partial charge in [-0.3, -0.25) is 4.79 Å². The second kappa shape index (κ2) is 9.42. The summed E-state index contributed by atoms with van der Waals surface area (Å²) in [5.74, 6) is -1.42. The molecule has 0 saturated carbocycles. The van der Waals surface area contributed by atoms with Gasteiger partial charge in [-0.25, -0.2) is 9.18 Å². The molecule has 35 heavy (non-hydrogen) atoms. The predicted molar refractivity (Wildman–Crippen MR) is 135 cm³/mol. The molecule has 0 spiro atoms. The topological polar surface area (TPSA) is 115 Å². The molecule has 1 aromatic heterocycles. The second-order valence-corrected chi connectivity index (χ2v) is 8.30. The molecule has 2 aromatic carbocycles. The highest BCUT2D eigenvalue weighted by molar-refractivity contribution is 6.12. The first-order chi connectivity index (χ1) is 16.7. The summed E-state index contributed by atoms with van der Waals surface area (Å²) >= 11 is 0. The van der Waals surface area contributed by atoms with E-state index in [0.717, 1.165) is 17.7 Å². The van der Waals surface area contributed by atoms with Crippen molar-refractivity contribution in [1.82, 2.24) is 5.32 Å². The highest BCUT2D eigenvalue weighted by Gasteiger charge is 2.20. The van der Waals surface area contributed by atoms with Crippen molar-refractivity contribution in [1.29, 1.82) is 5.41 Å². The number of halogens is 1. The number of benzene rings is 2. The maximum atomic E-state index is 13.9. The number of carboxylic acid groups (broad SMARTS) is 1. The van der Waals surface area contributed by atoms with Crippen molar-refractivity contribution in [3.8, 4) is 0 Å². The van der Waals surface area contributed by atoms with E-state index in [1.54, 1.807) is 44.5 Å². The Balaban J connectivity index is 1.84. The van der Waals surface area contributed by atoms with Gasteiger partial charge in [-0.1, -0.05) is 6.07 Å². The molecule has 0 amide bonds. The van der Waals surface area contributed by atoms with Crippen molar-refractivity contribution in [2.24, 2.45) is 0 Å². The van der Waals surface area contributed by atoms with Crippen LogP contribution in [-0.2, 0) is 0 Å². The number of aryl methyl sites for hydroxylation is 1. The fraction of sp³-hybridized carbons (Fsp3) is 0.148. The fourth-order valence-corrected chi connectivity index (χ4v) is 4.02. The van der Waals surface area contributed by atoms with Gasteiger partial charge in [0.1, 0.15) is 17.2 Å². The van der Waals surface area contributed by atoms with Gasteiger partial charge < -0.3 is 25.6 Å². The summed E-state index contributed by atoms with van der Waals surface area (Å²) in [6.07, 6.45) is 6.77. The molecule has 0 bridgehead atoms. The van der Waals surface area contributed by atoms with E-state index < -0.39 is 17.8 Å². The normalized spacial score (nSPS) is 15.3. The van der Waals surface area contributed by atoms with Gasteiger partial charge in [0.15, 0.2) is 5.43 Å². The molecule has 0 saturated heterocycles. The van der Waals surface area contributed by atoms with Gasteiger partial charge in [-0.05, 0) is 61.9 Å². The molecule has 178 valence electrons. The van der Waals surface area contributed by atoms with E-state index in [4.69, 9.17) is 9.83 Å². The van der Waals surface area contributed by atoms with Crippen LogP contribution < -0.4 is 16.1 Å². The maximum Gasteiger partial charge on any atom is 0.337 e. The number of fused-ring (bicyclic) bond motifs is 1. The Morgan fingerprint density at radius 1 is 1.20 bits per heavy atom. The molecule has 1 aliphatic rings. The van der Waals surface area contributed by atoms with Gasteiger partial charge in [-0.15, -0.1) is 0 Å². The van der Waals surface area contributed by atoms with Crippen LogP contribution in [0.5, 0.6) is 0 Å².